The van der Waals surface area contributed by atoms with E-state index in [0.29, 0.717) is 0 Å². The Morgan fingerprint density at radius 1 is 1.14 bits per heavy atom. The van der Waals surface area contributed by atoms with Crippen molar-refractivity contribution < 1.29 is 18.3 Å². The lowest BCUT2D eigenvalue weighted by atomic mass is 10.2. The average molecular weight is 438 g/mol. The molecule has 0 saturated heterocycles. The number of sulfonamides is 1. The second kappa shape index (κ2) is 6.20. The second-order valence-corrected chi connectivity index (χ2v) is 7.39. The van der Waals surface area contributed by atoms with Crippen LogP contribution in [0.25, 0.3) is 0 Å². The summed E-state index contributed by atoms with van der Waals surface area (Å²) in [5, 5.41) is 9.01. The Hall–Kier alpha value is -1.32. The molecule has 0 radical (unpaired) electrons. The van der Waals surface area contributed by atoms with Gasteiger partial charge in [-0.1, -0.05) is 11.6 Å². The summed E-state index contributed by atoms with van der Waals surface area (Å²) in [4.78, 5) is 11.1. The van der Waals surface area contributed by atoms with Crippen LogP contribution in [0.3, 0.4) is 0 Å². The number of benzene rings is 2. The average Bonchev–Trinajstić information content (AvgIpc) is 2.41. The number of halogens is 2. The van der Waals surface area contributed by atoms with Gasteiger partial charge in [-0.15, -0.1) is 0 Å². The lowest BCUT2D eigenvalue weighted by Crippen LogP contribution is -2.13. The van der Waals surface area contributed by atoms with Gasteiger partial charge in [0, 0.05) is 9.26 Å². The fourth-order valence-corrected chi connectivity index (χ4v) is 3.19. The maximum absolute atomic E-state index is 12.2. The summed E-state index contributed by atoms with van der Waals surface area (Å²) in [6.45, 7) is 0. The van der Waals surface area contributed by atoms with Gasteiger partial charge >= 0.3 is 5.97 Å². The smallest absolute Gasteiger partial charge is 0.337 e. The van der Waals surface area contributed by atoms with E-state index in [9.17, 15) is 13.2 Å². The Kier molecular flexibility index (Phi) is 4.74. The van der Waals surface area contributed by atoms with E-state index in [-0.39, 0.29) is 21.2 Å². The third-order valence-corrected chi connectivity index (χ3v) is 5.02. The minimum Gasteiger partial charge on any atom is -0.478 e. The quantitative estimate of drug-likeness (QED) is 0.718. The highest BCUT2D eigenvalue weighted by molar-refractivity contribution is 14.1. The van der Waals surface area contributed by atoms with Gasteiger partial charge in [0.1, 0.15) is 0 Å². The van der Waals surface area contributed by atoms with Gasteiger partial charge in [-0.25, -0.2) is 13.2 Å². The lowest BCUT2D eigenvalue weighted by molar-refractivity contribution is 0.0697. The minimum absolute atomic E-state index is 0.0414. The van der Waals surface area contributed by atoms with Crippen LogP contribution >= 0.6 is 34.2 Å². The molecule has 0 aliphatic carbocycles. The fraction of sp³-hybridized carbons (Fsp3) is 0. The summed E-state index contributed by atoms with van der Waals surface area (Å²) < 4.78 is 27.6. The van der Waals surface area contributed by atoms with Crippen molar-refractivity contribution in [3.63, 3.8) is 0 Å². The zero-order valence-electron chi connectivity index (χ0n) is 10.4. The molecule has 0 amide bonds. The van der Waals surface area contributed by atoms with Crippen LogP contribution in [0.2, 0.25) is 5.02 Å². The molecule has 0 aromatic heterocycles. The van der Waals surface area contributed by atoms with Gasteiger partial charge in [-0.05, 0) is 65.1 Å². The molecule has 0 atom stereocenters. The number of rotatable bonds is 4. The van der Waals surface area contributed by atoms with Gasteiger partial charge in [0.05, 0.1) is 15.5 Å². The Bertz CT molecular complexity index is 790. The number of aromatic carboxylic acids is 1. The molecule has 2 N–H and O–H groups in total. The Morgan fingerprint density at radius 2 is 1.76 bits per heavy atom. The molecule has 110 valence electrons. The van der Waals surface area contributed by atoms with Gasteiger partial charge in [0.25, 0.3) is 10.0 Å². The molecule has 0 fully saturated rings. The van der Waals surface area contributed by atoms with Gasteiger partial charge in [0.15, 0.2) is 0 Å². The van der Waals surface area contributed by atoms with Crippen molar-refractivity contribution >= 4 is 55.9 Å². The standard InChI is InChI=1S/C13H9ClINO4S/c14-12-6-3-9(7-11(12)13(17)18)16-21(19,20)10-4-1-8(15)2-5-10/h1-7,16H,(H,17,18). The van der Waals surface area contributed by atoms with E-state index in [2.05, 4.69) is 27.3 Å². The van der Waals surface area contributed by atoms with Gasteiger partial charge in [-0.2, -0.15) is 0 Å². The number of hydrogen-bond acceptors (Lipinski definition) is 3. The first kappa shape index (κ1) is 16.1. The van der Waals surface area contributed by atoms with E-state index in [4.69, 9.17) is 16.7 Å². The first-order chi connectivity index (χ1) is 9.79. The van der Waals surface area contributed by atoms with Crippen molar-refractivity contribution in [2.24, 2.45) is 0 Å². The molecule has 8 heteroatoms. The van der Waals surface area contributed by atoms with Crippen molar-refractivity contribution in [2.75, 3.05) is 4.72 Å². The minimum atomic E-state index is -3.77. The molecule has 2 rings (SSSR count). The Labute approximate surface area is 140 Å². The highest BCUT2D eigenvalue weighted by Gasteiger charge is 2.16. The van der Waals surface area contributed by atoms with E-state index in [1.807, 2.05) is 0 Å². The summed E-state index contributed by atoms with van der Waals surface area (Å²) in [5.41, 5.74) is -0.0326. The van der Waals surface area contributed by atoms with Crippen LogP contribution < -0.4 is 4.72 Å². The largest absolute Gasteiger partial charge is 0.478 e. The SMILES string of the molecule is O=C(O)c1cc(NS(=O)(=O)c2ccc(I)cc2)ccc1Cl. The van der Waals surface area contributed by atoms with Gasteiger partial charge in [0.2, 0.25) is 0 Å². The van der Waals surface area contributed by atoms with Crippen LogP contribution in [0.5, 0.6) is 0 Å². The maximum Gasteiger partial charge on any atom is 0.337 e. The molecule has 0 aliphatic heterocycles. The van der Waals surface area contributed by atoms with E-state index in [1.54, 1.807) is 12.1 Å². The van der Waals surface area contributed by atoms with Crippen molar-refractivity contribution in [3.05, 3.63) is 56.6 Å². The van der Waals surface area contributed by atoms with Crippen LogP contribution in [0, 0.1) is 3.57 Å². The topological polar surface area (TPSA) is 83.5 Å². The monoisotopic (exact) mass is 437 g/mol. The number of carbonyl (C=O) groups is 1. The second-order valence-electron chi connectivity index (χ2n) is 4.06. The molecule has 2 aromatic rings. The fourth-order valence-electron chi connectivity index (χ4n) is 1.58. The predicted octanol–water partition coefficient (Wildman–Crippen LogP) is 3.44. The van der Waals surface area contributed by atoms with E-state index < -0.39 is 16.0 Å². The summed E-state index contributed by atoms with van der Waals surface area (Å²) in [5.74, 6) is -1.23. The molecule has 2 aromatic carbocycles. The van der Waals surface area contributed by atoms with Crippen molar-refractivity contribution in [1.29, 1.82) is 0 Å². The van der Waals surface area contributed by atoms with Crippen LogP contribution in [0.15, 0.2) is 47.4 Å². The number of carboxylic acid groups (broad SMARTS) is 1. The molecule has 5 nitrogen and oxygen atoms in total. The molecule has 0 spiro atoms. The third kappa shape index (κ3) is 3.86. The Morgan fingerprint density at radius 3 is 2.33 bits per heavy atom. The zero-order valence-corrected chi connectivity index (χ0v) is 14.1. The zero-order chi connectivity index (χ0) is 15.6. The molecule has 0 aliphatic rings. The number of anilines is 1. The van der Waals surface area contributed by atoms with Crippen LogP contribution in [0.4, 0.5) is 5.69 Å². The van der Waals surface area contributed by atoms with Crippen molar-refractivity contribution in [3.8, 4) is 0 Å². The number of nitrogens with one attached hydrogen (secondary N) is 1. The molecular weight excluding hydrogens is 429 g/mol. The Balaban J connectivity index is 2.35. The number of hydrogen-bond donors (Lipinski definition) is 2. The van der Waals surface area contributed by atoms with Crippen molar-refractivity contribution in [2.45, 2.75) is 4.90 Å². The first-order valence-electron chi connectivity index (χ1n) is 5.61. The lowest BCUT2D eigenvalue weighted by Gasteiger charge is -2.09. The molecule has 21 heavy (non-hydrogen) atoms. The summed E-state index contributed by atoms with van der Waals surface area (Å²) >= 11 is 7.81. The van der Waals surface area contributed by atoms with Crippen LogP contribution in [0.1, 0.15) is 10.4 Å². The third-order valence-electron chi connectivity index (χ3n) is 2.57. The summed E-state index contributed by atoms with van der Waals surface area (Å²) in [6, 6.07) is 10.2. The van der Waals surface area contributed by atoms with Crippen LogP contribution in [-0.4, -0.2) is 19.5 Å². The van der Waals surface area contributed by atoms with E-state index in [1.165, 1.54) is 30.3 Å². The van der Waals surface area contributed by atoms with Gasteiger partial charge in [-0.3, -0.25) is 4.72 Å². The van der Waals surface area contributed by atoms with Crippen LogP contribution in [-0.2, 0) is 10.0 Å². The van der Waals surface area contributed by atoms with E-state index in [0.717, 1.165) is 3.57 Å². The highest BCUT2D eigenvalue weighted by Crippen LogP contribution is 2.23. The van der Waals surface area contributed by atoms with Crippen molar-refractivity contribution in [1.82, 2.24) is 0 Å². The summed E-state index contributed by atoms with van der Waals surface area (Å²) in [7, 11) is -3.77. The number of carboxylic acids is 1. The normalized spacial score (nSPS) is 11.1. The molecule has 0 heterocycles. The molecule has 0 bridgehead atoms. The van der Waals surface area contributed by atoms with E-state index >= 15 is 0 Å². The molecular formula is C13H9ClINO4S. The highest BCUT2D eigenvalue weighted by atomic mass is 127. The summed E-state index contributed by atoms with van der Waals surface area (Å²) in [6.07, 6.45) is 0. The molecule has 0 unspecified atom stereocenters. The first-order valence-corrected chi connectivity index (χ1v) is 8.55. The molecule has 0 saturated carbocycles. The van der Waals surface area contributed by atoms with Gasteiger partial charge < -0.3 is 5.11 Å². The maximum atomic E-state index is 12.2. The predicted molar refractivity (Wildman–Crippen MR) is 88.4 cm³/mol.